The Morgan fingerprint density at radius 2 is 1.73 bits per heavy atom. The summed E-state index contributed by atoms with van der Waals surface area (Å²) in [7, 11) is 0. The third-order valence-electron chi connectivity index (χ3n) is 3.78. The maximum Gasteiger partial charge on any atom is 0.308 e. The smallest absolute Gasteiger partial charge is 0.308 e. The zero-order valence-electron chi connectivity index (χ0n) is 14.7. The van der Waals surface area contributed by atoms with Crippen LogP contribution in [0.2, 0.25) is 0 Å². The van der Waals surface area contributed by atoms with E-state index >= 15 is 0 Å². The first-order valence-corrected chi connectivity index (χ1v) is 8.96. The monoisotopic (exact) mass is 417 g/mol. The van der Waals surface area contributed by atoms with Crippen LogP contribution in [0.4, 0.5) is 0 Å². The van der Waals surface area contributed by atoms with Crippen LogP contribution >= 0.6 is 15.9 Å². The zero-order valence-corrected chi connectivity index (χ0v) is 16.3. The van der Waals surface area contributed by atoms with Crippen LogP contribution < -0.4 is 5.32 Å². The molecule has 2 aromatic rings. The van der Waals surface area contributed by atoms with E-state index in [4.69, 9.17) is 4.74 Å². The van der Waals surface area contributed by atoms with E-state index in [2.05, 4.69) is 21.2 Å². The van der Waals surface area contributed by atoms with Gasteiger partial charge < -0.3 is 10.1 Å². The summed E-state index contributed by atoms with van der Waals surface area (Å²) in [4.78, 5) is 35.9. The minimum absolute atomic E-state index is 0.00233. The van der Waals surface area contributed by atoms with Gasteiger partial charge in [0.15, 0.2) is 6.61 Å². The lowest BCUT2D eigenvalue weighted by atomic mass is 10.0. The molecule has 0 fully saturated rings. The minimum atomic E-state index is -0.528. The van der Waals surface area contributed by atoms with E-state index in [9.17, 15) is 14.4 Å². The van der Waals surface area contributed by atoms with E-state index in [1.165, 1.54) is 0 Å². The highest BCUT2D eigenvalue weighted by Crippen LogP contribution is 2.12. The van der Waals surface area contributed by atoms with Gasteiger partial charge in [-0.2, -0.15) is 0 Å². The molecular weight excluding hydrogens is 398 g/mol. The van der Waals surface area contributed by atoms with Crippen LogP contribution in [0.15, 0.2) is 46.9 Å². The fraction of sp³-hybridized carbons (Fsp3) is 0.250. The van der Waals surface area contributed by atoms with E-state index in [0.717, 1.165) is 15.6 Å². The molecule has 5 nitrogen and oxygen atoms in total. The number of ether oxygens (including phenoxy) is 1. The summed E-state index contributed by atoms with van der Waals surface area (Å²) in [5, 5.41) is 2.65. The lowest BCUT2D eigenvalue weighted by molar-refractivity contribution is -0.142. The number of nitrogens with one attached hydrogen (secondary N) is 1. The largest absolute Gasteiger partial charge is 0.457 e. The maximum atomic E-state index is 12.2. The Kier molecular flexibility index (Phi) is 7.09. The molecule has 2 aromatic carbocycles. The Morgan fingerprint density at radius 3 is 2.42 bits per heavy atom. The highest BCUT2D eigenvalue weighted by atomic mass is 79.9. The van der Waals surface area contributed by atoms with Crippen LogP contribution in [-0.4, -0.2) is 30.8 Å². The van der Waals surface area contributed by atoms with Crippen molar-refractivity contribution in [3.05, 3.63) is 69.2 Å². The van der Waals surface area contributed by atoms with Gasteiger partial charge in [0.2, 0.25) is 5.78 Å². The highest BCUT2D eigenvalue weighted by Gasteiger charge is 2.13. The number of benzene rings is 2. The molecule has 0 aromatic heterocycles. The van der Waals surface area contributed by atoms with Crippen molar-refractivity contribution in [2.75, 3.05) is 13.2 Å². The number of rotatable bonds is 7. The molecule has 1 amide bonds. The van der Waals surface area contributed by atoms with E-state index in [1.54, 1.807) is 30.3 Å². The van der Waals surface area contributed by atoms with E-state index in [1.807, 2.05) is 26.0 Å². The van der Waals surface area contributed by atoms with Crippen molar-refractivity contribution in [1.29, 1.82) is 0 Å². The summed E-state index contributed by atoms with van der Waals surface area (Å²) in [5.74, 6) is -1.03. The standard InChI is InChI=1S/C20H20BrNO4/c1-13-3-4-14(2)17(11-13)18(23)12-26-19(24)9-10-22-20(25)15-5-7-16(21)8-6-15/h3-8,11H,9-10,12H2,1-2H3,(H,22,25). The average molecular weight is 418 g/mol. The molecule has 6 heteroatoms. The molecule has 26 heavy (non-hydrogen) atoms. The Hall–Kier alpha value is -2.47. The van der Waals surface area contributed by atoms with Crippen LogP contribution in [0.3, 0.4) is 0 Å². The number of hydrogen-bond acceptors (Lipinski definition) is 4. The summed E-state index contributed by atoms with van der Waals surface area (Å²) in [6.07, 6.45) is 0.00233. The van der Waals surface area contributed by atoms with Gasteiger partial charge in [0.25, 0.3) is 5.91 Å². The summed E-state index contributed by atoms with van der Waals surface area (Å²) >= 11 is 3.30. The summed E-state index contributed by atoms with van der Waals surface area (Å²) in [5.41, 5.74) is 2.88. The Labute approximate surface area is 160 Å². The second-order valence-corrected chi connectivity index (χ2v) is 6.83. The van der Waals surface area contributed by atoms with Gasteiger partial charge in [-0.25, -0.2) is 0 Å². The number of ketones is 1. The number of halogens is 1. The van der Waals surface area contributed by atoms with Crippen LogP contribution in [0.25, 0.3) is 0 Å². The fourth-order valence-corrected chi connectivity index (χ4v) is 2.58. The van der Waals surface area contributed by atoms with Gasteiger partial charge in [-0.05, 0) is 49.7 Å². The van der Waals surface area contributed by atoms with Gasteiger partial charge in [-0.15, -0.1) is 0 Å². The average Bonchev–Trinajstić information content (AvgIpc) is 2.62. The van der Waals surface area contributed by atoms with Crippen molar-refractivity contribution in [3.8, 4) is 0 Å². The number of amides is 1. The summed E-state index contributed by atoms with van der Waals surface area (Å²) in [6.45, 7) is 3.58. The number of Topliss-reactive ketones (excluding diaryl/α,β-unsaturated/α-hetero) is 1. The molecule has 0 heterocycles. The lowest BCUT2D eigenvalue weighted by Gasteiger charge is -2.08. The van der Waals surface area contributed by atoms with Gasteiger partial charge in [0, 0.05) is 22.1 Å². The number of hydrogen-bond donors (Lipinski definition) is 1. The van der Waals surface area contributed by atoms with Crippen molar-refractivity contribution in [2.24, 2.45) is 0 Å². The molecule has 0 radical (unpaired) electrons. The molecule has 0 aliphatic heterocycles. The Bertz CT molecular complexity index is 815. The minimum Gasteiger partial charge on any atom is -0.457 e. The van der Waals surface area contributed by atoms with Gasteiger partial charge >= 0.3 is 5.97 Å². The van der Waals surface area contributed by atoms with Crippen LogP contribution in [0.1, 0.15) is 38.3 Å². The molecule has 1 N–H and O–H groups in total. The molecule has 0 unspecified atom stereocenters. The van der Waals surface area contributed by atoms with E-state index in [-0.39, 0.29) is 31.3 Å². The van der Waals surface area contributed by atoms with Gasteiger partial charge in [0.1, 0.15) is 0 Å². The molecule has 0 bridgehead atoms. The summed E-state index contributed by atoms with van der Waals surface area (Å²) in [6, 6.07) is 12.5. The first-order chi connectivity index (χ1) is 12.4. The maximum absolute atomic E-state index is 12.2. The third-order valence-corrected chi connectivity index (χ3v) is 4.31. The van der Waals surface area contributed by atoms with Gasteiger partial charge in [0.05, 0.1) is 6.42 Å². The quantitative estimate of drug-likeness (QED) is 0.551. The van der Waals surface area contributed by atoms with Crippen molar-refractivity contribution in [1.82, 2.24) is 5.32 Å². The molecular formula is C20H20BrNO4. The zero-order chi connectivity index (χ0) is 19.1. The topological polar surface area (TPSA) is 72.5 Å². The molecule has 0 saturated heterocycles. The third kappa shape index (κ3) is 5.81. The predicted octanol–water partition coefficient (Wildman–Crippen LogP) is 3.61. The second kappa shape index (κ2) is 9.29. The lowest BCUT2D eigenvalue weighted by Crippen LogP contribution is -2.27. The normalized spacial score (nSPS) is 10.3. The number of carbonyl (C=O) groups is 3. The fourth-order valence-electron chi connectivity index (χ4n) is 2.31. The Morgan fingerprint density at radius 1 is 1.04 bits per heavy atom. The van der Waals surface area contributed by atoms with E-state index < -0.39 is 5.97 Å². The Balaban J connectivity index is 1.75. The second-order valence-electron chi connectivity index (χ2n) is 5.92. The van der Waals surface area contributed by atoms with Crippen molar-refractivity contribution in [3.63, 3.8) is 0 Å². The van der Waals surface area contributed by atoms with Gasteiger partial charge in [-0.1, -0.05) is 33.6 Å². The molecule has 0 atom stereocenters. The first-order valence-electron chi connectivity index (χ1n) is 8.16. The predicted molar refractivity (Wildman–Crippen MR) is 102 cm³/mol. The molecule has 0 spiro atoms. The first kappa shape index (κ1) is 19.8. The van der Waals surface area contributed by atoms with Crippen molar-refractivity contribution >= 4 is 33.6 Å². The molecule has 2 rings (SSSR count). The molecule has 136 valence electrons. The summed E-state index contributed by atoms with van der Waals surface area (Å²) < 4.78 is 5.89. The number of carbonyl (C=O) groups excluding carboxylic acids is 3. The van der Waals surface area contributed by atoms with Gasteiger partial charge in [-0.3, -0.25) is 14.4 Å². The SMILES string of the molecule is Cc1ccc(C)c(C(=O)COC(=O)CCNC(=O)c2ccc(Br)cc2)c1. The molecule has 0 aliphatic carbocycles. The highest BCUT2D eigenvalue weighted by molar-refractivity contribution is 9.10. The van der Waals surface area contributed by atoms with Crippen LogP contribution in [0.5, 0.6) is 0 Å². The van der Waals surface area contributed by atoms with Crippen molar-refractivity contribution < 1.29 is 19.1 Å². The van der Waals surface area contributed by atoms with Crippen molar-refractivity contribution in [2.45, 2.75) is 20.3 Å². The van der Waals surface area contributed by atoms with Crippen LogP contribution in [0, 0.1) is 13.8 Å². The molecule has 0 aliphatic rings. The van der Waals surface area contributed by atoms with E-state index in [0.29, 0.717) is 11.1 Å². The molecule has 0 saturated carbocycles. The number of aryl methyl sites for hydroxylation is 2. The van der Waals surface area contributed by atoms with Crippen LogP contribution in [-0.2, 0) is 9.53 Å². The number of esters is 1.